The van der Waals surface area contributed by atoms with Crippen LogP contribution in [0.5, 0.6) is 0 Å². The molecule has 0 bridgehead atoms. The van der Waals surface area contributed by atoms with Gasteiger partial charge >= 0.3 is 6.03 Å². The molecule has 2 aromatic heterocycles. The molecule has 2 N–H and O–H groups in total. The zero-order valence-corrected chi connectivity index (χ0v) is 18.5. The summed E-state index contributed by atoms with van der Waals surface area (Å²) >= 11 is 1.90. The Morgan fingerprint density at radius 1 is 1.13 bits per heavy atom. The molecule has 0 aliphatic carbocycles. The van der Waals surface area contributed by atoms with Crippen molar-refractivity contribution in [3.05, 3.63) is 52.7 Å². The van der Waals surface area contributed by atoms with Crippen LogP contribution in [0.15, 0.2) is 36.5 Å². The number of amides is 2. The maximum atomic E-state index is 12.8. The minimum absolute atomic E-state index is 0.113. The lowest BCUT2D eigenvalue weighted by atomic mass is 9.85. The van der Waals surface area contributed by atoms with Crippen molar-refractivity contribution in [2.45, 2.75) is 44.7 Å². The lowest BCUT2D eigenvalue weighted by Gasteiger charge is -2.44. The molecule has 2 aliphatic heterocycles. The van der Waals surface area contributed by atoms with Gasteiger partial charge < -0.3 is 10.6 Å². The lowest BCUT2D eigenvalue weighted by Crippen LogP contribution is -2.53. The number of fused-ring (bicyclic) bond motifs is 1. The van der Waals surface area contributed by atoms with Crippen LogP contribution in [-0.4, -0.2) is 56.7 Å². The molecule has 0 radical (unpaired) electrons. The Kier molecular flexibility index (Phi) is 5.06. The quantitative estimate of drug-likeness (QED) is 0.678. The first-order valence-electron chi connectivity index (χ1n) is 10.8. The normalized spacial score (nSPS) is 18.8. The first-order chi connectivity index (χ1) is 14.9. The molecule has 2 aliphatic rings. The highest BCUT2D eigenvalue weighted by Crippen LogP contribution is 2.40. The van der Waals surface area contributed by atoms with E-state index in [9.17, 15) is 9.59 Å². The molecule has 0 saturated carbocycles. The van der Waals surface area contributed by atoms with E-state index in [-0.39, 0.29) is 17.3 Å². The second-order valence-corrected chi connectivity index (χ2v) is 9.95. The number of carbonyl (C=O) groups excluding carboxylic acids is 2. The number of aromatic nitrogens is 2. The fourth-order valence-electron chi connectivity index (χ4n) is 5.09. The first kappa shape index (κ1) is 20.2. The lowest BCUT2D eigenvalue weighted by molar-refractivity contribution is 0.0592. The van der Waals surface area contributed by atoms with Crippen LogP contribution in [0.2, 0.25) is 0 Å². The third-order valence-corrected chi connectivity index (χ3v) is 7.90. The maximum Gasteiger partial charge on any atom is 0.344 e. The first-order valence-corrected chi connectivity index (χ1v) is 11.6. The van der Waals surface area contributed by atoms with Gasteiger partial charge in [-0.1, -0.05) is 12.1 Å². The summed E-state index contributed by atoms with van der Waals surface area (Å²) in [5, 5.41) is 5.34. The summed E-state index contributed by atoms with van der Waals surface area (Å²) in [6, 6.07) is 10.3. The standard InChI is InChI=1S/C23H27N5O2S/c1-16-3-4-17-14-18(31-20(17)13-16)15-27-9-2-6-23(27)7-11-26(12-8-23)22(30)28-10-5-19(25-28)21(24)29/h3-5,10,13-14H,2,6-9,11-12,15H2,1H3,(H2,24,29). The smallest absolute Gasteiger partial charge is 0.344 e. The van der Waals surface area contributed by atoms with Crippen LogP contribution in [0, 0.1) is 6.92 Å². The van der Waals surface area contributed by atoms with E-state index in [2.05, 4.69) is 41.2 Å². The number of likely N-dealkylation sites (tertiary alicyclic amines) is 2. The minimum atomic E-state index is -0.623. The van der Waals surface area contributed by atoms with E-state index in [0.717, 1.165) is 25.9 Å². The van der Waals surface area contributed by atoms with Crippen LogP contribution < -0.4 is 5.73 Å². The average molecular weight is 438 g/mol. The molecule has 1 aromatic carbocycles. The molecular weight excluding hydrogens is 410 g/mol. The van der Waals surface area contributed by atoms with Crippen LogP contribution in [0.4, 0.5) is 4.79 Å². The van der Waals surface area contributed by atoms with E-state index in [1.54, 1.807) is 0 Å². The Bertz CT molecular complexity index is 1140. The number of primary amides is 1. The molecule has 3 aromatic rings. The van der Waals surface area contributed by atoms with Crippen molar-refractivity contribution >= 4 is 33.4 Å². The number of rotatable bonds is 3. The molecule has 0 atom stereocenters. The topological polar surface area (TPSA) is 84.5 Å². The van der Waals surface area contributed by atoms with Gasteiger partial charge in [-0.2, -0.15) is 9.78 Å². The molecule has 2 fully saturated rings. The van der Waals surface area contributed by atoms with Crippen molar-refractivity contribution in [1.29, 1.82) is 0 Å². The molecule has 1 spiro atoms. The van der Waals surface area contributed by atoms with Crippen molar-refractivity contribution in [3.63, 3.8) is 0 Å². The van der Waals surface area contributed by atoms with Crippen LogP contribution in [0.25, 0.3) is 10.1 Å². The summed E-state index contributed by atoms with van der Waals surface area (Å²) in [5.74, 6) is -0.623. The zero-order valence-electron chi connectivity index (χ0n) is 17.7. The Morgan fingerprint density at radius 2 is 1.94 bits per heavy atom. The largest absolute Gasteiger partial charge is 0.364 e. The SMILES string of the molecule is Cc1ccc2cc(CN3CCCC34CCN(C(=O)n3ccc(C(N)=O)n3)CC4)sc2c1. The highest BCUT2D eigenvalue weighted by Gasteiger charge is 2.44. The highest BCUT2D eigenvalue weighted by atomic mass is 32.1. The number of nitrogens with two attached hydrogens (primary N) is 1. The number of nitrogens with zero attached hydrogens (tertiary/aromatic N) is 4. The summed E-state index contributed by atoms with van der Waals surface area (Å²) in [5.41, 5.74) is 6.84. The molecule has 31 heavy (non-hydrogen) atoms. The molecule has 162 valence electrons. The van der Waals surface area contributed by atoms with Crippen LogP contribution in [0.1, 0.15) is 46.6 Å². The van der Waals surface area contributed by atoms with E-state index < -0.39 is 5.91 Å². The number of hydrogen-bond acceptors (Lipinski definition) is 5. The molecule has 4 heterocycles. The summed E-state index contributed by atoms with van der Waals surface area (Å²) in [6.07, 6.45) is 5.84. The Labute approximate surface area is 185 Å². The van der Waals surface area contributed by atoms with Crippen molar-refractivity contribution in [2.24, 2.45) is 5.73 Å². The molecule has 0 unspecified atom stereocenters. The van der Waals surface area contributed by atoms with Crippen LogP contribution in [-0.2, 0) is 6.54 Å². The monoisotopic (exact) mass is 437 g/mol. The summed E-state index contributed by atoms with van der Waals surface area (Å²) in [7, 11) is 0. The number of thiophene rings is 1. The van der Waals surface area contributed by atoms with E-state index in [0.29, 0.717) is 13.1 Å². The minimum Gasteiger partial charge on any atom is -0.364 e. The van der Waals surface area contributed by atoms with Crippen LogP contribution in [0.3, 0.4) is 0 Å². The predicted octanol–water partition coefficient (Wildman–Crippen LogP) is 3.60. The van der Waals surface area contributed by atoms with E-state index >= 15 is 0 Å². The second-order valence-electron chi connectivity index (χ2n) is 8.78. The average Bonchev–Trinajstić information content (AvgIpc) is 3.47. The number of carbonyl (C=O) groups is 2. The molecule has 2 amide bonds. The van der Waals surface area contributed by atoms with Crippen LogP contribution >= 0.6 is 11.3 Å². The van der Waals surface area contributed by atoms with Gasteiger partial charge in [-0.3, -0.25) is 9.69 Å². The van der Waals surface area contributed by atoms with Gasteiger partial charge in [0.15, 0.2) is 5.69 Å². The molecule has 7 nitrogen and oxygen atoms in total. The zero-order chi connectivity index (χ0) is 21.6. The van der Waals surface area contributed by atoms with Crippen molar-refractivity contribution in [1.82, 2.24) is 19.6 Å². The van der Waals surface area contributed by atoms with Gasteiger partial charge in [0, 0.05) is 40.9 Å². The molecule has 2 saturated heterocycles. The Hall–Kier alpha value is -2.71. The van der Waals surface area contributed by atoms with E-state index in [4.69, 9.17) is 5.73 Å². The van der Waals surface area contributed by atoms with Gasteiger partial charge in [0.05, 0.1) is 0 Å². The molecular formula is C23H27N5O2S. The van der Waals surface area contributed by atoms with Gasteiger partial charge in [0.1, 0.15) is 0 Å². The number of hydrogen-bond donors (Lipinski definition) is 1. The van der Waals surface area contributed by atoms with Crippen molar-refractivity contribution in [2.75, 3.05) is 19.6 Å². The van der Waals surface area contributed by atoms with Crippen molar-refractivity contribution in [3.8, 4) is 0 Å². The summed E-state index contributed by atoms with van der Waals surface area (Å²) in [4.78, 5) is 30.0. The maximum absolute atomic E-state index is 12.8. The predicted molar refractivity (Wildman–Crippen MR) is 121 cm³/mol. The summed E-state index contributed by atoms with van der Waals surface area (Å²) in [6.45, 7) is 5.64. The number of aryl methyl sites for hydroxylation is 1. The van der Waals surface area contributed by atoms with Gasteiger partial charge in [0.25, 0.3) is 5.91 Å². The Balaban J connectivity index is 1.26. The summed E-state index contributed by atoms with van der Waals surface area (Å²) < 4.78 is 2.59. The van der Waals surface area contributed by atoms with Gasteiger partial charge in [-0.15, -0.1) is 11.3 Å². The van der Waals surface area contributed by atoms with Gasteiger partial charge in [-0.05, 0) is 68.3 Å². The fourth-order valence-corrected chi connectivity index (χ4v) is 6.27. The third kappa shape index (κ3) is 3.74. The number of benzene rings is 1. The van der Waals surface area contributed by atoms with E-state index in [1.807, 2.05) is 16.2 Å². The van der Waals surface area contributed by atoms with E-state index in [1.165, 1.54) is 50.3 Å². The molecule has 5 rings (SSSR count). The van der Waals surface area contributed by atoms with Gasteiger partial charge in [-0.25, -0.2) is 4.79 Å². The van der Waals surface area contributed by atoms with Crippen molar-refractivity contribution < 1.29 is 9.59 Å². The highest BCUT2D eigenvalue weighted by molar-refractivity contribution is 7.19. The third-order valence-electron chi connectivity index (χ3n) is 6.82. The number of piperidine rings is 1. The van der Waals surface area contributed by atoms with Gasteiger partial charge in [0.2, 0.25) is 0 Å². The second kappa shape index (κ2) is 7.76. The molecule has 8 heteroatoms. The Morgan fingerprint density at radius 3 is 2.68 bits per heavy atom. The fraction of sp³-hybridized carbons (Fsp3) is 0.435.